The molecule has 0 atom stereocenters. The van der Waals surface area contributed by atoms with Crippen LogP contribution in [0.2, 0.25) is 0 Å². The van der Waals surface area contributed by atoms with Gasteiger partial charge in [-0.2, -0.15) is 0 Å². The maximum absolute atomic E-state index is 13.6. The van der Waals surface area contributed by atoms with Crippen LogP contribution >= 0.6 is 0 Å². The minimum atomic E-state index is -1.18. The summed E-state index contributed by atoms with van der Waals surface area (Å²) < 4.78 is 18.9. The Morgan fingerprint density at radius 1 is 1.33 bits per heavy atom. The number of amides is 1. The molecule has 3 N–H and O–H groups in total. The van der Waals surface area contributed by atoms with Crippen LogP contribution in [0, 0.1) is 5.82 Å². The van der Waals surface area contributed by atoms with Crippen molar-refractivity contribution in [1.82, 2.24) is 4.98 Å². The van der Waals surface area contributed by atoms with Gasteiger partial charge in [-0.3, -0.25) is 9.78 Å². The number of nitrogens with zero attached hydrogens (tertiary/aromatic N) is 1. The second-order valence-corrected chi connectivity index (χ2v) is 4.14. The summed E-state index contributed by atoms with van der Waals surface area (Å²) in [6, 6.07) is 4.89. The summed E-state index contributed by atoms with van der Waals surface area (Å²) in [5.74, 6) is -2.45. The molecule has 0 bridgehead atoms. The molecule has 0 aliphatic heterocycles. The molecule has 6 nitrogen and oxygen atoms in total. The van der Waals surface area contributed by atoms with Gasteiger partial charge in [0.1, 0.15) is 18.0 Å². The van der Waals surface area contributed by atoms with Gasteiger partial charge in [-0.25, -0.2) is 9.18 Å². The molecule has 21 heavy (non-hydrogen) atoms. The van der Waals surface area contributed by atoms with Gasteiger partial charge in [0.2, 0.25) is 5.91 Å². The number of carboxylic acids is 1. The second kappa shape index (κ2) is 6.00. The van der Waals surface area contributed by atoms with Crippen LogP contribution in [0.25, 0.3) is 0 Å². The fraction of sp³-hybridized carbons (Fsp3) is 0.0714. The maximum atomic E-state index is 13.6. The molecule has 1 aromatic heterocycles. The molecule has 0 spiro atoms. The Bertz CT molecular complexity index is 703. The smallest absolute Gasteiger partial charge is 0.339 e. The molecule has 0 aliphatic rings. The third-order valence-corrected chi connectivity index (χ3v) is 2.73. The van der Waals surface area contributed by atoms with Crippen LogP contribution in [0.3, 0.4) is 0 Å². The summed E-state index contributed by atoms with van der Waals surface area (Å²) in [6.45, 7) is -0.251. The van der Waals surface area contributed by atoms with Crippen molar-refractivity contribution in [2.45, 2.75) is 6.61 Å². The van der Waals surface area contributed by atoms with Crippen molar-refractivity contribution in [2.75, 3.05) is 0 Å². The molecule has 1 amide bonds. The number of primary amides is 1. The lowest BCUT2D eigenvalue weighted by Crippen LogP contribution is -2.12. The van der Waals surface area contributed by atoms with Crippen molar-refractivity contribution < 1.29 is 23.8 Å². The molecule has 0 saturated carbocycles. The third-order valence-electron chi connectivity index (χ3n) is 2.73. The Kier molecular flexibility index (Phi) is 4.13. The third kappa shape index (κ3) is 3.33. The van der Waals surface area contributed by atoms with E-state index in [-0.39, 0.29) is 29.0 Å². The Morgan fingerprint density at radius 3 is 2.76 bits per heavy atom. The van der Waals surface area contributed by atoms with E-state index in [1.54, 1.807) is 0 Å². The molecular weight excluding hydrogens is 279 g/mol. The fourth-order valence-corrected chi connectivity index (χ4v) is 1.67. The monoisotopic (exact) mass is 290 g/mol. The van der Waals surface area contributed by atoms with Crippen LogP contribution in [0.4, 0.5) is 4.39 Å². The first-order valence-corrected chi connectivity index (χ1v) is 5.87. The molecule has 0 fully saturated rings. The number of benzene rings is 1. The van der Waals surface area contributed by atoms with Crippen molar-refractivity contribution >= 4 is 11.9 Å². The van der Waals surface area contributed by atoms with Crippen molar-refractivity contribution in [2.24, 2.45) is 5.73 Å². The summed E-state index contributed by atoms with van der Waals surface area (Å²) >= 11 is 0. The van der Waals surface area contributed by atoms with Crippen molar-refractivity contribution in [3.05, 3.63) is 59.2 Å². The van der Waals surface area contributed by atoms with E-state index in [4.69, 9.17) is 15.6 Å². The van der Waals surface area contributed by atoms with Crippen LogP contribution in [0.1, 0.15) is 26.3 Å². The summed E-state index contributed by atoms with van der Waals surface area (Å²) in [6.07, 6.45) is 2.53. The number of aromatic carboxylic acids is 1. The van der Waals surface area contributed by atoms with Gasteiger partial charge < -0.3 is 15.6 Å². The van der Waals surface area contributed by atoms with Crippen LogP contribution in [0.15, 0.2) is 36.7 Å². The lowest BCUT2D eigenvalue weighted by atomic mass is 10.1. The van der Waals surface area contributed by atoms with Gasteiger partial charge in [-0.15, -0.1) is 0 Å². The zero-order valence-corrected chi connectivity index (χ0v) is 10.7. The number of rotatable bonds is 5. The molecule has 0 unspecified atom stereocenters. The highest BCUT2D eigenvalue weighted by Crippen LogP contribution is 2.19. The van der Waals surface area contributed by atoms with Crippen LogP contribution < -0.4 is 10.5 Å². The molecule has 1 heterocycles. The fourth-order valence-electron chi connectivity index (χ4n) is 1.67. The first-order valence-electron chi connectivity index (χ1n) is 5.87. The lowest BCUT2D eigenvalue weighted by Gasteiger charge is -2.09. The Balaban J connectivity index is 2.22. The highest BCUT2D eigenvalue weighted by atomic mass is 19.1. The highest BCUT2D eigenvalue weighted by Gasteiger charge is 2.13. The standard InChI is InChI=1S/C14H11FN2O4/c15-11-2-1-8(13(16)18)5-9(11)7-21-12-6-17-4-3-10(12)14(19)20/h1-6H,7H2,(H2,16,18)(H,19,20). The van der Waals surface area contributed by atoms with E-state index in [0.717, 1.165) is 6.07 Å². The van der Waals surface area contributed by atoms with Gasteiger partial charge in [0.15, 0.2) is 5.75 Å². The number of aromatic nitrogens is 1. The Hall–Kier alpha value is -2.96. The number of hydrogen-bond donors (Lipinski definition) is 2. The number of carbonyl (C=O) groups excluding carboxylic acids is 1. The normalized spacial score (nSPS) is 10.1. The number of carboxylic acid groups (broad SMARTS) is 1. The Labute approximate surface area is 119 Å². The molecule has 2 aromatic rings. The van der Waals surface area contributed by atoms with E-state index in [2.05, 4.69) is 4.98 Å². The van der Waals surface area contributed by atoms with Gasteiger partial charge in [0, 0.05) is 17.3 Å². The van der Waals surface area contributed by atoms with E-state index in [1.807, 2.05) is 0 Å². The maximum Gasteiger partial charge on any atom is 0.339 e. The average Bonchev–Trinajstić information content (AvgIpc) is 2.46. The topological polar surface area (TPSA) is 103 Å². The molecule has 0 aliphatic carbocycles. The predicted octanol–water partition coefficient (Wildman–Crippen LogP) is 1.60. The largest absolute Gasteiger partial charge is 0.486 e. The molecule has 1 aromatic carbocycles. The summed E-state index contributed by atoms with van der Waals surface area (Å²) in [5, 5.41) is 8.99. The number of carbonyl (C=O) groups is 2. The number of ether oxygens (including phenoxy) is 1. The summed E-state index contributed by atoms with van der Waals surface area (Å²) in [4.78, 5) is 25.8. The average molecular weight is 290 g/mol. The minimum absolute atomic E-state index is 0.00822. The molecule has 2 rings (SSSR count). The van der Waals surface area contributed by atoms with Crippen molar-refractivity contribution in [3.8, 4) is 5.75 Å². The van der Waals surface area contributed by atoms with Crippen molar-refractivity contribution in [1.29, 1.82) is 0 Å². The van der Waals surface area contributed by atoms with Crippen LogP contribution in [0.5, 0.6) is 5.75 Å². The molecule has 7 heteroatoms. The first kappa shape index (κ1) is 14.4. The van der Waals surface area contributed by atoms with E-state index in [9.17, 15) is 14.0 Å². The lowest BCUT2D eigenvalue weighted by molar-refractivity contribution is 0.0691. The number of nitrogens with two attached hydrogens (primary N) is 1. The van der Waals surface area contributed by atoms with Gasteiger partial charge in [-0.1, -0.05) is 0 Å². The zero-order valence-electron chi connectivity index (χ0n) is 10.7. The van der Waals surface area contributed by atoms with E-state index in [0.29, 0.717) is 0 Å². The van der Waals surface area contributed by atoms with Gasteiger partial charge in [-0.05, 0) is 24.3 Å². The SMILES string of the molecule is NC(=O)c1ccc(F)c(COc2cnccc2C(=O)O)c1. The van der Waals surface area contributed by atoms with Gasteiger partial charge in [0.25, 0.3) is 0 Å². The van der Waals surface area contributed by atoms with Crippen molar-refractivity contribution in [3.63, 3.8) is 0 Å². The highest BCUT2D eigenvalue weighted by molar-refractivity contribution is 5.93. The quantitative estimate of drug-likeness (QED) is 0.870. The number of halogens is 1. The Morgan fingerprint density at radius 2 is 2.10 bits per heavy atom. The summed E-state index contributed by atoms with van der Waals surface area (Å²) in [5.41, 5.74) is 5.26. The van der Waals surface area contributed by atoms with E-state index in [1.165, 1.54) is 30.6 Å². The van der Waals surface area contributed by atoms with Crippen LogP contribution in [-0.4, -0.2) is 22.0 Å². The number of pyridine rings is 1. The second-order valence-electron chi connectivity index (χ2n) is 4.14. The molecular formula is C14H11FN2O4. The predicted molar refractivity (Wildman–Crippen MR) is 70.4 cm³/mol. The van der Waals surface area contributed by atoms with Gasteiger partial charge >= 0.3 is 5.97 Å². The van der Waals surface area contributed by atoms with Gasteiger partial charge in [0.05, 0.1) is 6.20 Å². The number of hydrogen-bond acceptors (Lipinski definition) is 4. The minimum Gasteiger partial charge on any atom is -0.486 e. The van der Waals surface area contributed by atoms with E-state index < -0.39 is 17.7 Å². The molecule has 0 saturated heterocycles. The zero-order chi connectivity index (χ0) is 15.4. The first-order chi connectivity index (χ1) is 9.99. The molecule has 108 valence electrons. The molecule has 0 radical (unpaired) electrons. The van der Waals surface area contributed by atoms with Crippen LogP contribution in [-0.2, 0) is 6.61 Å². The summed E-state index contributed by atoms with van der Waals surface area (Å²) in [7, 11) is 0. The van der Waals surface area contributed by atoms with E-state index >= 15 is 0 Å².